The fourth-order valence-electron chi connectivity index (χ4n) is 4.41. The molecule has 0 unspecified atom stereocenters. The predicted molar refractivity (Wildman–Crippen MR) is 130 cm³/mol. The van der Waals surface area contributed by atoms with E-state index in [4.69, 9.17) is 23.2 Å². The summed E-state index contributed by atoms with van der Waals surface area (Å²) in [6, 6.07) is 9.51. The van der Waals surface area contributed by atoms with E-state index in [1.807, 2.05) is 32.9 Å². The normalized spacial score (nSPS) is 19.7. The number of nitrogens with zero attached hydrogens (tertiary/aromatic N) is 2. The zero-order valence-corrected chi connectivity index (χ0v) is 20.6. The van der Waals surface area contributed by atoms with Crippen LogP contribution in [-0.2, 0) is 9.59 Å². The Morgan fingerprint density at radius 1 is 0.912 bits per heavy atom. The number of allylic oxidation sites excluding steroid dienone is 2. The van der Waals surface area contributed by atoms with Crippen molar-refractivity contribution in [2.24, 2.45) is 11.8 Å². The molecule has 8 heteroatoms. The first kappa shape index (κ1) is 24.2. The Morgan fingerprint density at radius 2 is 1.59 bits per heavy atom. The molecule has 3 amide bonds. The lowest BCUT2D eigenvalue weighted by molar-refractivity contribution is -0.154. The van der Waals surface area contributed by atoms with Gasteiger partial charge >= 0.3 is 0 Å². The lowest BCUT2D eigenvalue weighted by Crippen LogP contribution is -2.52. The molecule has 1 aliphatic carbocycles. The van der Waals surface area contributed by atoms with Crippen molar-refractivity contribution in [1.29, 1.82) is 0 Å². The van der Waals surface area contributed by atoms with Gasteiger partial charge in [-0.1, -0.05) is 47.0 Å². The highest BCUT2D eigenvalue weighted by molar-refractivity contribution is 6.42. The number of halogens is 2. The molecule has 6 nitrogen and oxygen atoms in total. The van der Waals surface area contributed by atoms with E-state index in [1.165, 1.54) is 18.2 Å². The van der Waals surface area contributed by atoms with Gasteiger partial charge in [0.25, 0.3) is 17.7 Å². The summed E-state index contributed by atoms with van der Waals surface area (Å²) in [5, 5.41) is 2.23. The Hall–Kier alpha value is -2.96. The Morgan fingerprint density at radius 3 is 2.26 bits per heavy atom. The number of amides is 3. The van der Waals surface area contributed by atoms with E-state index in [0.29, 0.717) is 18.4 Å². The molecule has 1 aliphatic heterocycles. The molecule has 1 heterocycles. The number of carbonyl (C=O) groups excluding carboxylic acids is 4. The van der Waals surface area contributed by atoms with Gasteiger partial charge in [0.15, 0.2) is 5.78 Å². The van der Waals surface area contributed by atoms with Crippen LogP contribution in [0.4, 0.5) is 0 Å². The Balaban J connectivity index is 1.72. The first-order valence-corrected chi connectivity index (χ1v) is 11.7. The molecule has 1 saturated heterocycles. The first-order chi connectivity index (χ1) is 16.1. The molecule has 176 valence electrons. The standard InChI is InChI=1S/C26H24Cl2N2O4/c1-14-4-8-19-20(10-14)26(34)30(25(19)33)29(24(32)18-7-9-21(27)22(28)12-18)13-23(31)17-6-5-15(2)16(3)11-17/h4-7,9,11-12,19-20H,8,10,13H2,1-3H3/t19-,20+/m1/s1. The SMILES string of the molecule is CC1=CC[C@H]2C(=O)N(N(CC(=O)c3ccc(C)c(C)c3)C(=O)c3ccc(Cl)c(Cl)c3)C(=O)[C@H]2C1. The third-order valence-electron chi connectivity index (χ3n) is 6.56. The Labute approximate surface area is 208 Å². The van der Waals surface area contributed by atoms with Crippen LogP contribution in [0.25, 0.3) is 0 Å². The first-order valence-electron chi connectivity index (χ1n) is 11.0. The van der Waals surface area contributed by atoms with Gasteiger partial charge in [-0.3, -0.25) is 19.2 Å². The van der Waals surface area contributed by atoms with Crippen LogP contribution in [0.1, 0.15) is 51.6 Å². The van der Waals surface area contributed by atoms with Gasteiger partial charge in [-0.25, -0.2) is 5.01 Å². The quantitative estimate of drug-likeness (QED) is 0.322. The maximum Gasteiger partial charge on any atom is 0.273 e. The van der Waals surface area contributed by atoms with Gasteiger partial charge in [0.05, 0.1) is 21.9 Å². The molecule has 2 aromatic carbocycles. The highest BCUT2D eigenvalue weighted by atomic mass is 35.5. The molecule has 0 spiro atoms. The van der Waals surface area contributed by atoms with E-state index in [9.17, 15) is 19.2 Å². The third-order valence-corrected chi connectivity index (χ3v) is 7.30. The van der Waals surface area contributed by atoms with Crippen molar-refractivity contribution in [3.05, 3.63) is 80.3 Å². The van der Waals surface area contributed by atoms with Crippen LogP contribution in [0.3, 0.4) is 0 Å². The molecule has 2 aromatic rings. The van der Waals surface area contributed by atoms with Gasteiger partial charge < -0.3 is 0 Å². The number of hydrazine groups is 1. The summed E-state index contributed by atoms with van der Waals surface area (Å²) in [4.78, 5) is 53.4. The number of aryl methyl sites for hydroxylation is 2. The topological polar surface area (TPSA) is 74.8 Å². The number of rotatable bonds is 5. The minimum absolute atomic E-state index is 0.118. The summed E-state index contributed by atoms with van der Waals surface area (Å²) < 4.78 is 0. The molecule has 0 radical (unpaired) electrons. The number of fused-ring (bicyclic) bond motifs is 1. The second-order valence-corrected chi connectivity index (χ2v) is 9.72. The molecule has 2 aliphatic rings. The van der Waals surface area contributed by atoms with Crippen molar-refractivity contribution in [2.75, 3.05) is 6.54 Å². The number of carbonyl (C=O) groups is 4. The number of benzene rings is 2. The molecule has 2 atom stereocenters. The minimum atomic E-state index is -0.680. The maximum atomic E-state index is 13.6. The van der Waals surface area contributed by atoms with E-state index >= 15 is 0 Å². The van der Waals surface area contributed by atoms with Gasteiger partial charge in [-0.2, -0.15) is 5.01 Å². The average molecular weight is 499 g/mol. The van der Waals surface area contributed by atoms with Crippen LogP contribution >= 0.6 is 23.2 Å². The molecule has 1 fully saturated rings. The minimum Gasteiger partial charge on any atom is -0.292 e. The highest BCUT2D eigenvalue weighted by Gasteiger charge is 2.51. The van der Waals surface area contributed by atoms with Crippen LogP contribution in [-0.4, -0.2) is 40.1 Å². The smallest absolute Gasteiger partial charge is 0.273 e. The largest absolute Gasteiger partial charge is 0.292 e. The van der Waals surface area contributed by atoms with Crippen molar-refractivity contribution in [3.8, 4) is 0 Å². The summed E-state index contributed by atoms with van der Waals surface area (Å²) >= 11 is 12.1. The number of hydrogen-bond acceptors (Lipinski definition) is 4. The molecule has 0 N–H and O–H groups in total. The van der Waals surface area contributed by atoms with Crippen molar-refractivity contribution in [3.63, 3.8) is 0 Å². The van der Waals surface area contributed by atoms with Crippen LogP contribution < -0.4 is 0 Å². The fraction of sp³-hybridized carbons (Fsp3) is 0.308. The second kappa shape index (κ2) is 9.35. The summed E-state index contributed by atoms with van der Waals surface area (Å²) in [6.07, 6.45) is 2.82. The zero-order chi connectivity index (χ0) is 24.7. The molecule has 0 aromatic heterocycles. The van der Waals surface area contributed by atoms with Crippen molar-refractivity contribution < 1.29 is 19.2 Å². The van der Waals surface area contributed by atoms with E-state index in [1.54, 1.807) is 12.1 Å². The fourth-order valence-corrected chi connectivity index (χ4v) is 4.71. The summed E-state index contributed by atoms with van der Waals surface area (Å²) in [5.41, 5.74) is 3.49. The van der Waals surface area contributed by atoms with Crippen molar-refractivity contribution in [2.45, 2.75) is 33.6 Å². The number of ketones is 1. The van der Waals surface area contributed by atoms with Gasteiger partial charge in [-0.15, -0.1) is 0 Å². The number of imide groups is 1. The van der Waals surface area contributed by atoms with E-state index < -0.39 is 36.1 Å². The Kier molecular flexibility index (Phi) is 6.65. The third kappa shape index (κ3) is 4.40. The van der Waals surface area contributed by atoms with Gasteiger partial charge in [0.1, 0.15) is 6.54 Å². The van der Waals surface area contributed by atoms with Crippen LogP contribution in [0, 0.1) is 25.7 Å². The molecule has 0 saturated carbocycles. The van der Waals surface area contributed by atoms with E-state index in [2.05, 4.69) is 0 Å². The molecular weight excluding hydrogens is 475 g/mol. The molecule has 4 rings (SSSR count). The summed E-state index contributed by atoms with van der Waals surface area (Å²) in [6.45, 7) is 5.27. The number of Topliss-reactive ketones (excluding diaryl/α,β-unsaturated/α-hetero) is 1. The van der Waals surface area contributed by atoms with E-state index in [0.717, 1.165) is 26.7 Å². The Bertz CT molecular complexity index is 1250. The summed E-state index contributed by atoms with van der Waals surface area (Å²) in [5.74, 6) is -3.10. The van der Waals surface area contributed by atoms with Gasteiger partial charge in [-0.05, 0) is 69.0 Å². The zero-order valence-electron chi connectivity index (χ0n) is 19.1. The van der Waals surface area contributed by atoms with Gasteiger partial charge in [0.2, 0.25) is 0 Å². The lowest BCUT2D eigenvalue weighted by atomic mass is 9.82. The molecule has 0 bridgehead atoms. The van der Waals surface area contributed by atoms with Gasteiger partial charge in [0, 0.05) is 11.1 Å². The molecular formula is C26H24Cl2N2O4. The number of hydrogen-bond donors (Lipinski definition) is 0. The van der Waals surface area contributed by atoms with E-state index in [-0.39, 0.29) is 21.4 Å². The van der Waals surface area contributed by atoms with Crippen LogP contribution in [0.2, 0.25) is 10.0 Å². The maximum absolute atomic E-state index is 13.6. The lowest BCUT2D eigenvalue weighted by Gasteiger charge is -2.30. The summed E-state index contributed by atoms with van der Waals surface area (Å²) in [7, 11) is 0. The monoisotopic (exact) mass is 498 g/mol. The van der Waals surface area contributed by atoms with Crippen molar-refractivity contribution >= 4 is 46.7 Å². The van der Waals surface area contributed by atoms with Crippen molar-refractivity contribution in [1.82, 2.24) is 10.0 Å². The van der Waals surface area contributed by atoms with Crippen LogP contribution in [0.15, 0.2) is 48.0 Å². The average Bonchev–Trinajstić information content (AvgIpc) is 3.04. The van der Waals surface area contributed by atoms with Crippen LogP contribution in [0.5, 0.6) is 0 Å². The highest BCUT2D eigenvalue weighted by Crippen LogP contribution is 2.38. The second-order valence-electron chi connectivity index (χ2n) is 8.91. The molecule has 34 heavy (non-hydrogen) atoms. The predicted octanol–water partition coefficient (Wildman–Crippen LogP) is 5.19.